The molecule has 0 atom stereocenters. The van der Waals surface area contributed by atoms with Gasteiger partial charge in [-0.25, -0.2) is 0 Å². The Kier molecular flexibility index (Phi) is 6.58. The van der Waals surface area contributed by atoms with E-state index in [1.165, 1.54) is 13.2 Å². The standard InChI is InChI=1S/C19H17ClN4O5S/c1-10-6-11(2)17(14(7-10)24(26)27)21-16(25)9-30-19-23-22-18(29-19)13-8-12(20)4-5-15(13)28-3/h4-8H,9H2,1-3H3,(H,21,25). The Hall–Kier alpha value is -3.11. The van der Waals surface area contributed by atoms with Gasteiger partial charge in [0, 0.05) is 11.1 Å². The molecule has 156 valence electrons. The highest BCUT2D eigenvalue weighted by molar-refractivity contribution is 7.99. The average Bonchev–Trinajstić information content (AvgIpc) is 3.17. The summed E-state index contributed by atoms with van der Waals surface area (Å²) < 4.78 is 10.8. The predicted octanol–water partition coefficient (Wildman–Crippen LogP) is 4.65. The molecule has 0 aliphatic heterocycles. The molecule has 3 rings (SSSR count). The number of ether oxygens (including phenoxy) is 1. The number of anilines is 1. The molecule has 0 aliphatic rings. The van der Waals surface area contributed by atoms with Crippen molar-refractivity contribution in [1.29, 1.82) is 0 Å². The van der Waals surface area contributed by atoms with Crippen LogP contribution in [0.3, 0.4) is 0 Å². The van der Waals surface area contributed by atoms with Crippen LogP contribution >= 0.6 is 23.4 Å². The van der Waals surface area contributed by atoms with Crippen LogP contribution in [0.25, 0.3) is 11.5 Å². The minimum Gasteiger partial charge on any atom is -0.496 e. The molecule has 0 fully saturated rings. The van der Waals surface area contributed by atoms with Crippen molar-refractivity contribution < 1.29 is 18.9 Å². The van der Waals surface area contributed by atoms with Gasteiger partial charge in [0.2, 0.25) is 5.91 Å². The van der Waals surface area contributed by atoms with Crippen molar-refractivity contribution in [3.63, 3.8) is 0 Å². The van der Waals surface area contributed by atoms with E-state index in [0.717, 1.165) is 17.3 Å². The van der Waals surface area contributed by atoms with Gasteiger partial charge in [-0.05, 0) is 43.2 Å². The monoisotopic (exact) mass is 448 g/mol. The van der Waals surface area contributed by atoms with Crippen molar-refractivity contribution in [3.05, 3.63) is 56.6 Å². The molecule has 1 N–H and O–H groups in total. The minimum absolute atomic E-state index is 0.0706. The Labute approximate surface area is 180 Å². The molecule has 1 heterocycles. The summed E-state index contributed by atoms with van der Waals surface area (Å²) in [4.78, 5) is 23.1. The van der Waals surface area contributed by atoms with Crippen LogP contribution in [0.4, 0.5) is 11.4 Å². The Morgan fingerprint density at radius 3 is 2.77 bits per heavy atom. The van der Waals surface area contributed by atoms with Gasteiger partial charge in [-0.1, -0.05) is 29.4 Å². The van der Waals surface area contributed by atoms with Crippen LogP contribution < -0.4 is 10.1 Å². The molecule has 1 aromatic heterocycles. The normalized spacial score (nSPS) is 10.7. The molecule has 11 heteroatoms. The van der Waals surface area contributed by atoms with Crippen LogP contribution in [0.1, 0.15) is 11.1 Å². The summed E-state index contributed by atoms with van der Waals surface area (Å²) in [6.45, 7) is 3.45. The number of nitrogens with zero attached hydrogens (tertiary/aromatic N) is 3. The van der Waals surface area contributed by atoms with E-state index in [9.17, 15) is 14.9 Å². The number of halogens is 1. The summed E-state index contributed by atoms with van der Waals surface area (Å²) in [7, 11) is 1.51. The lowest BCUT2D eigenvalue weighted by atomic mass is 10.1. The number of nitrogens with one attached hydrogen (secondary N) is 1. The second-order valence-corrected chi connectivity index (χ2v) is 7.65. The molecule has 30 heavy (non-hydrogen) atoms. The Morgan fingerprint density at radius 1 is 1.30 bits per heavy atom. The van der Waals surface area contributed by atoms with Gasteiger partial charge in [-0.2, -0.15) is 0 Å². The number of hydrogen-bond acceptors (Lipinski definition) is 8. The molecule has 0 saturated carbocycles. The number of methoxy groups -OCH3 is 1. The number of nitro benzene ring substituents is 1. The summed E-state index contributed by atoms with van der Waals surface area (Å²) in [5.41, 5.74) is 1.89. The van der Waals surface area contributed by atoms with Crippen LogP contribution in [0.15, 0.2) is 40.0 Å². The van der Waals surface area contributed by atoms with Gasteiger partial charge in [0.05, 0.1) is 23.3 Å². The van der Waals surface area contributed by atoms with Gasteiger partial charge in [0.25, 0.3) is 16.8 Å². The number of aromatic nitrogens is 2. The predicted molar refractivity (Wildman–Crippen MR) is 113 cm³/mol. The third-order valence-electron chi connectivity index (χ3n) is 4.05. The van der Waals surface area contributed by atoms with Gasteiger partial charge in [0.15, 0.2) is 0 Å². The first-order chi connectivity index (χ1) is 14.3. The van der Waals surface area contributed by atoms with Gasteiger partial charge in [-0.3, -0.25) is 14.9 Å². The highest BCUT2D eigenvalue weighted by Gasteiger charge is 2.20. The molecule has 0 bridgehead atoms. The fourth-order valence-corrected chi connectivity index (χ4v) is 3.51. The van der Waals surface area contributed by atoms with Crippen molar-refractivity contribution in [3.8, 4) is 17.2 Å². The maximum atomic E-state index is 12.3. The number of nitro groups is 1. The van der Waals surface area contributed by atoms with E-state index in [2.05, 4.69) is 15.5 Å². The van der Waals surface area contributed by atoms with Crippen molar-refractivity contribution in [2.75, 3.05) is 18.2 Å². The number of hydrogen-bond donors (Lipinski definition) is 1. The van der Waals surface area contributed by atoms with E-state index >= 15 is 0 Å². The Bertz CT molecular complexity index is 1120. The summed E-state index contributed by atoms with van der Waals surface area (Å²) in [6, 6.07) is 8.16. The van der Waals surface area contributed by atoms with Crippen LogP contribution in [-0.4, -0.2) is 33.9 Å². The highest BCUT2D eigenvalue weighted by Crippen LogP contribution is 2.33. The first-order valence-electron chi connectivity index (χ1n) is 8.64. The number of carbonyl (C=O) groups excluding carboxylic acids is 1. The maximum absolute atomic E-state index is 12.3. The molecule has 0 radical (unpaired) electrons. The number of carbonyl (C=O) groups is 1. The number of rotatable bonds is 7. The Morgan fingerprint density at radius 2 is 2.07 bits per heavy atom. The third-order valence-corrected chi connectivity index (χ3v) is 5.10. The van der Waals surface area contributed by atoms with Gasteiger partial charge in [-0.15, -0.1) is 10.2 Å². The number of aryl methyl sites for hydroxylation is 2. The van der Waals surface area contributed by atoms with Crippen molar-refractivity contribution in [1.82, 2.24) is 10.2 Å². The first-order valence-corrected chi connectivity index (χ1v) is 10.0. The smallest absolute Gasteiger partial charge is 0.293 e. The fraction of sp³-hybridized carbons (Fsp3) is 0.211. The number of thioether (sulfide) groups is 1. The molecule has 3 aromatic rings. The zero-order valence-electron chi connectivity index (χ0n) is 16.3. The van der Waals surface area contributed by atoms with Crippen molar-refractivity contribution >= 4 is 40.6 Å². The molecular weight excluding hydrogens is 432 g/mol. The van der Waals surface area contributed by atoms with E-state index in [1.807, 2.05) is 0 Å². The molecular formula is C19H17ClN4O5S. The highest BCUT2D eigenvalue weighted by atomic mass is 35.5. The number of amides is 1. The lowest BCUT2D eigenvalue weighted by Crippen LogP contribution is -2.16. The molecule has 0 saturated heterocycles. The van der Waals surface area contributed by atoms with E-state index in [-0.39, 0.29) is 28.2 Å². The van der Waals surface area contributed by atoms with E-state index in [4.69, 9.17) is 20.8 Å². The first kappa shape index (κ1) is 21.6. The molecule has 2 aromatic carbocycles. The van der Waals surface area contributed by atoms with Crippen LogP contribution in [0, 0.1) is 24.0 Å². The fourth-order valence-electron chi connectivity index (χ4n) is 2.78. The van der Waals surface area contributed by atoms with E-state index in [1.54, 1.807) is 38.1 Å². The van der Waals surface area contributed by atoms with Crippen molar-refractivity contribution in [2.24, 2.45) is 0 Å². The maximum Gasteiger partial charge on any atom is 0.293 e. The van der Waals surface area contributed by atoms with Crippen molar-refractivity contribution in [2.45, 2.75) is 19.1 Å². The van der Waals surface area contributed by atoms with Crippen LogP contribution in [-0.2, 0) is 4.79 Å². The summed E-state index contributed by atoms with van der Waals surface area (Å²) in [6.07, 6.45) is 0. The Balaban J connectivity index is 1.70. The summed E-state index contributed by atoms with van der Waals surface area (Å²) in [5, 5.41) is 22.4. The summed E-state index contributed by atoms with van der Waals surface area (Å²) in [5.74, 6) is 0.204. The van der Waals surface area contributed by atoms with Gasteiger partial charge in [0.1, 0.15) is 11.4 Å². The SMILES string of the molecule is COc1ccc(Cl)cc1-c1nnc(SCC(=O)Nc2c(C)cc(C)cc2[N+](=O)[O-])o1. The topological polar surface area (TPSA) is 120 Å². The second-order valence-electron chi connectivity index (χ2n) is 6.29. The van der Waals surface area contributed by atoms with Gasteiger partial charge >= 0.3 is 0 Å². The lowest BCUT2D eigenvalue weighted by Gasteiger charge is -2.09. The second kappa shape index (κ2) is 9.14. The van der Waals surface area contributed by atoms with Crippen LogP contribution in [0.5, 0.6) is 5.75 Å². The molecule has 9 nitrogen and oxygen atoms in total. The van der Waals surface area contributed by atoms with E-state index < -0.39 is 10.8 Å². The quantitative estimate of drug-likeness (QED) is 0.315. The average molecular weight is 449 g/mol. The number of benzene rings is 2. The summed E-state index contributed by atoms with van der Waals surface area (Å²) >= 11 is 7.02. The molecule has 0 aliphatic carbocycles. The van der Waals surface area contributed by atoms with Crippen LogP contribution in [0.2, 0.25) is 5.02 Å². The zero-order valence-corrected chi connectivity index (χ0v) is 17.8. The lowest BCUT2D eigenvalue weighted by molar-refractivity contribution is -0.384. The van der Waals surface area contributed by atoms with E-state index in [0.29, 0.717) is 21.9 Å². The minimum atomic E-state index is -0.522. The molecule has 1 amide bonds. The third kappa shape index (κ3) is 4.89. The molecule has 0 unspecified atom stereocenters. The largest absolute Gasteiger partial charge is 0.496 e. The van der Waals surface area contributed by atoms with Gasteiger partial charge < -0.3 is 14.5 Å². The molecule has 0 spiro atoms. The zero-order chi connectivity index (χ0) is 21.8.